The summed E-state index contributed by atoms with van der Waals surface area (Å²) in [6.45, 7) is 2.44. The summed E-state index contributed by atoms with van der Waals surface area (Å²) in [5, 5.41) is 1.81. The highest BCUT2D eigenvalue weighted by Crippen LogP contribution is 2.46. The van der Waals surface area contributed by atoms with Gasteiger partial charge in [0.2, 0.25) is 0 Å². The second-order valence-corrected chi connectivity index (χ2v) is 6.48. The highest BCUT2D eigenvalue weighted by atomic mass is 16.7. The maximum Gasteiger partial charge on any atom is 0.326 e. The van der Waals surface area contributed by atoms with Crippen LogP contribution in [0.2, 0.25) is 0 Å². The number of hydroxylamine groups is 2. The highest BCUT2D eigenvalue weighted by molar-refractivity contribution is 5.78. The van der Waals surface area contributed by atoms with Crippen LogP contribution in [-0.2, 0) is 14.4 Å². The van der Waals surface area contributed by atoms with Crippen LogP contribution >= 0.6 is 0 Å². The number of ether oxygens (including phenoxy) is 2. The molecule has 2 aliphatic rings. The average molecular weight is 339 g/mol. The molecule has 4 rings (SSSR count). The molecule has 5 nitrogen and oxygen atoms in total. The molecule has 0 N–H and O–H groups in total. The number of nitrogens with zero attached hydrogens (tertiary/aromatic N) is 1. The third-order valence-corrected chi connectivity index (χ3v) is 5.07. The van der Waals surface area contributed by atoms with E-state index in [2.05, 4.69) is 0 Å². The molecule has 0 aromatic heterocycles. The maximum absolute atomic E-state index is 12.3. The Kier molecular flexibility index (Phi) is 4.19. The molecule has 25 heavy (non-hydrogen) atoms. The van der Waals surface area contributed by atoms with Gasteiger partial charge in [-0.15, -0.1) is 0 Å². The lowest BCUT2D eigenvalue weighted by Gasteiger charge is -2.27. The van der Waals surface area contributed by atoms with Crippen LogP contribution in [0.25, 0.3) is 0 Å². The van der Waals surface area contributed by atoms with E-state index >= 15 is 0 Å². The average Bonchev–Trinajstić information content (AvgIpc) is 3.23. The lowest BCUT2D eigenvalue weighted by Crippen LogP contribution is -2.37. The van der Waals surface area contributed by atoms with Gasteiger partial charge in [-0.3, -0.25) is 9.63 Å². The van der Waals surface area contributed by atoms with Gasteiger partial charge in [0.1, 0.15) is 17.9 Å². The number of fused-ring (bicyclic) bond motifs is 1. The van der Waals surface area contributed by atoms with Crippen molar-refractivity contribution < 1.29 is 19.1 Å². The monoisotopic (exact) mass is 339 g/mol. The topological polar surface area (TPSA) is 48.0 Å². The predicted molar refractivity (Wildman–Crippen MR) is 91.8 cm³/mol. The largest absolute Gasteiger partial charge is 0.497 e. The summed E-state index contributed by atoms with van der Waals surface area (Å²) >= 11 is 0. The number of carbonyl (C=O) groups is 1. The maximum atomic E-state index is 12.3. The van der Waals surface area contributed by atoms with E-state index < -0.39 is 0 Å². The van der Waals surface area contributed by atoms with Crippen LogP contribution in [0.15, 0.2) is 54.6 Å². The van der Waals surface area contributed by atoms with Crippen molar-refractivity contribution in [3.05, 3.63) is 65.7 Å². The zero-order valence-corrected chi connectivity index (χ0v) is 14.3. The van der Waals surface area contributed by atoms with Crippen LogP contribution in [0.1, 0.15) is 30.2 Å². The normalized spacial score (nSPS) is 27.0. The first-order chi connectivity index (χ1) is 12.2. The minimum absolute atomic E-state index is 0.00735. The smallest absolute Gasteiger partial charge is 0.326 e. The lowest BCUT2D eigenvalue weighted by molar-refractivity contribution is -0.202. The molecular weight excluding hydrogens is 318 g/mol. The predicted octanol–water partition coefficient (Wildman–Crippen LogP) is 3.29. The molecule has 2 aromatic rings. The fraction of sp³-hybridized carbons (Fsp3) is 0.350. The molecule has 4 atom stereocenters. The number of esters is 1. The summed E-state index contributed by atoms with van der Waals surface area (Å²) in [6, 6.07) is 17.4. The summed E-state index contributed by atoms with van der Waals surface area (Å²) < 4.78 is 10.6. The molecule has 0 bridgehead atoms. The van der Waals surface area contributed by atoms with Gasteiger partial charge >= 0.3 is 5.97 Å². The molecule has 2 saturated heterocycles. The van der Waals surface area contributed by atoms with E-state index in [9.17, 15) is 4.79 Å². The Morgan fingerprint density at radius 1 is 1.12 bits per heavy atom. The van der Waals surface area contributed by atoms with Gasteiger partial charge in [0, 0.05) is 0 Å². The third-order valence-electron chi connectivity index (χ3n) is 5.07. The Labute approximate surface area is 147 Å². The Morgan fingerprint density at radius 2 is 1.84 bits per heavy atom. The van der Waals surface area contributed by atoms with Crippen molar-refractivity contribution in [1.82, 2.24) is 5.06 Å². The van der Waals surface area contributed by atoms with Crippen LogP contribution < -0.4 is 4.74 Å². The van der Waals surface area contributed by atoms with E-state index in [1.807, 2.05) is 66.6 Å². The second kappa shape index (κ2) is 6.50. The molecule has 0 unspecified atom stereocenters. The third kappa shape index (κ3) is 2.79. The first-order valence-corrected chi connectivity index (χ1v) is 8.49. The minimum atomic E-state index is -0.373. The summed E-state index contributed by atoms with van der Waals surface area (Å²) in [7, 11) is 1.64. The van der Waals surface area contributed by atoms with Gasteiger partial charge in [-0.1, -0.05) is 42.5 Å². The number of benzene rings is 2. The molecule has 0 spiro atoms. The molecule has 5 heteroatoms. The number of carbonyl (C=O) groups excluding carboxylic acids is 1. The van der Waals surface area contributed by atoms with Crippen molar-refractivity contribution in [2.24, 2.45) is 5.92 Å². The molecule has 0 aliphatic carbocycles. The zero-order chi connectivity index (χ0) is 17.4. The molecule has 0 amide bonds. The van der Waals surface area contributed by atoms with E-state index in [0.29, 0.717) is 6.61 Å². The number of hydrogen-bond donors (Lipinski definition) is 0. The molecule has 130 valence electrons. The van der Waals surface area contributed by atoms with Crippen LogP contribution in [-0.4, -0.2) is 30.8 Å². The first kappa shape index (κ1) is 16.1. The van der Waals surface area contributed by atoms with E-state index in [1.165, 1.54) is 0 Å². The molecule has 2 fully saturated rings. The second-order valence-electron chi connectivity index (χ2n) is 6.48. The SMILES string of the molecule is COc1ccc([C@@H]2ON([C@H](C)c3ccccc3)[C@H]3C(=O)OC[C@@H]23)cc1. The van der Waals surface area contributed by atoms with Gasteiger partial charge in [-0.05, 0) is 30.2 Å². The zero-order valence-electron chi connectivity index (χ0n) is 14.3. The fourth-order valence-corrected chi connectivity index (χ4v) is 3.66. The number of hydrogen-bond acceptors (Lipinski definition) is 5. The molecule has 2 heterocycles. The quantitative estimate of drug-likeness (QED) is 0.800. The fourth-order valence-electron chi connectivity index (χ4n) is 3.66. The van der Waals surface area contributed by atoms with Gasteiger partial charge in [-0.2, -0.15) is 5.06 Å². The van der Waals surface area contributed by atoms with E-state index in [1.54, 1.807) is 7.11 Å². The number of rotatable bonds is 4. The van der Waals surface area contributed by atoms with E-state index in [-0.39, 0.29) is 30.1 Å². The summed E-state index contributed by atoms with van der Waals surface area (Å²) in [4.78, 5) is 18.6. The van der Waals surface area contributed by atoms with Crippen molar-refractivity contribution in [3.63, 3.8) is 0 Å². The highest BCUT2D eigenvalue weighted by Gasteiger charge is 2.54. The van der Waals surface area contributed by atoms with Crippen LogP contribution in [0, 0.1) is 5.92 Å². The number of cyclic esters (lactones) is 1. The summed E-state index contributed by atoms with van der Waals surface area (Å²) in [5.74, 6) is 0.586. The molecule has 2 aromatic carbocycles. The Bertz CT molecular complexity index is 746. The first-order valence-electron chi connectivity index (χ1n) is 8.49. The van der Waals surface area contributed by atoms with Crippen molar-refractivity contribution in [3.8, 4) is 5.75 Å². The summed E-state index contributed by atoms with van der Waals surface area (Å²) in [5.41, 5.74) is 2.13. The standard InChI is InChI=1S/C20H21NO4/c1-13(14-6-4-3-5-7-14)21-18-17(12-24-20(18)22)19(25-21)15-8-10-16(23-2)11-9-15/h3-11,13,17-19H,12H2,1-2H3/t13-,17-,18-,19+/m1/s1. The molecule has 2 aliphatic heterocycles. The minimum Gasteiger partial charge on any atom is -0.497 e. The Morgan fingerprint density at radius 3 is 2.52 bits per heavy atom. The summed E-state index contributed by atoms with van der Waals surface area (Å²) in [6.07, 6.45) is -0.200. The van der Waals surface area contributed by atoms with Crippen LogP contribution in [0.5, 0.6) is 5.75 Å². The van der Waals surface area contributed by atoms with Gasteiger partial charge < -0.3 is 9.47 Å². The number of methoxy groups -OCH3 is 1. The molecule has 0 saturated carbocycles. The molecule has 0 radical (unpaired) electrons. The van der Waals surface area contributed by atoms with Crippen molar-refractivity contribution >= 4 is 5.97 Å². The van der Waals surface area contributed by atoms with Crippen LogP contribution in [0.3, 0.4) is 0 Å². The lowest BCUT2D eigenvalue weighted by atomic mass is 9.92. The van der Waals surface area contributed by atoms with E-state index in [0.717, 1.165) is 16.9 Å². The van der Waals surface area contributed by atoms with Crippen molar-refractivity contribution in [1.29, 1.82) is 0 Å². The Hall–Kier alpha value is -2.37. The van der Waals surface area contributed by atoms with Gasteiger partial charge in [0.25, 0.3) is 0 Å². The molecular formula is C20H21NO4. The van der Waals surface area contributed by atoms with Gasteiger partial charge in [0.05, 0.1) is 25.7 Å². The van der Waals surface area contributed by atoms with E-state index in [4.69, 9.17) is 14.3 Å². The Balaban J connectivity index is 1.64. The van der Waals surface area contributed by atoms with Gasteiger partial charge in [0.15, 0.2) is 0 Å². The van der Waals surface area contributed by atoms with Crippen molar-refractivity contribution in [2.75, 3.05) is 13.7 Å². The van der Waals surface area contributed by atoms with Crippen molar-refractivity contribution in [2.45, 2.75) is 25.1 Å². The van der Waals surface area contributed by atoms with Gasteiger partial charge in [-0.25, -0.2) is 0 Å². The van der Waals surface area contributed by atoms with Crippen LogP contribution in [0.4, 0.5) is 0 Å².